The molecular weight excluding hydrogens is 456 g/mol. The number of allylic oxidation sites excluding steroid dienone is 1. The molecule has 0 fully saturated rings. The molecule has 0 spiro atoms. The molecule has 36 heavy (non-hydrogen) atoms. The summed E-state index contributed by atoms with van der Waals surface area (Å²) in [5, 5.41) is 0. The third-order valence-corrected chi connectivity index (χ3v) is 5.93. The first kappa shape index (κ1) is 24.9. The van der Waals surface area contributed by atoms with Crippen molar-refractivity contribution in [1.82, 2.24) is 4.98 Å². The van der Waals surface area contributed by atoms with Gasteiger partial charge in [0.25, 0.3) is 0 Å². The normalized spacial score (nSPS) is 11.9. The molecule has 4 aromatic rings. The molecule has 0 aliphatic carbocycles. The first-order chi connectivity index (χ1) is 17.4. The Morgan fingerprint density at radius 2 is 1.19 bits per heavy atom. The van der Waals surface area contributed by atoms with Gasteiger partial charge in [0.1, 0.15) is 23.1 Å². The molecule has 0 aliphatic heterocycles. The van der Waals surface area contributed by atoms with Crippen LogP contribution in [0.1, 0.15) is 40.4 Å². The molecule has 0 saturated carbocycles. The van der Waals surface area contributed by atoms with Gasteiger partial charge in [-0.25, -0.2) is 8.78 Å². The standard InChI is InChI=1S/C31H27F2NO2/c1-20(22-7-11-27(32)12-8-22)15-25-17-31(36-4)26(18-30(25)35-3)16-29(23-9-13-28(33)14-10-23)24-6-5-21(2)34-19-24/h5-19H,1-4H3/b20-15-,29-16?. The quantitative estimate of drug-likeness (QED) is 0.251. The second kappa shape index (κ2) is 11.0. The number of rotatable bonds is 7. The molecule has 3 nitrogen and oxygen atoms in total. The van der Waals surface area contributed by atoms with E-state index in [-0.39, 0.29) is 11.6 Å². The fourth-order valence-electron chi connectivity index (χ4n) is 3.95. The predicted octanol–water partition coefficient (Wildman–Crippen LogP) is 7.83. The third kappa shape index (κ3) is 5.69. The van der Waals surface area contributed by atoms with Gasteiger partial charge in [-0.05, 0) is 90.7 Å². The summed E-state index contributed by atoms with van der Waals surface area (Å²) in [6.45, 7) is 3.89. The van der Waals surface area contributed by atoms with Crippen LogP contribution in [0, 0.1) is 18.6 Å². The van der Waals surface area contributed by atoms with Crippen LogP contribution in [0.2, 0.25) is 0 Å². The lowest BCUT2D eigenvalue weighted by atomic mass is 9.95. The molecule has 5 heteroatoms. The maximum atomic E-state index is 13.6. The minimum atomic E-state index is -0.299. The van der Waals surface area contributed by atoms with Gasteiger partial charge < -0.3 is 9.47 Å². The van der Waals surface area contributed by atoms with Gasteiger partial charge in [0.15, 0.2) is 0 Å². The molecule has 0 unspecified atom stereocenters. The lowest BCUT2D eigenvalue weighted by Gasteiger charge is -2.15. The molecule has 0 amide bonds. The summed E-state index contributed by atoms with van der Waals surface area (Å²) >= 11 is 0. The van der Waals surface area contributed by atoms with Crippen molar-refractivity contribution in [2.75, 3.05) is 14.2 Å². The molecule has 0 saturated heterocycles. The first-order valence-electron chi connectivity index (χ1n) is 11.5. The topological polar surface area (TPSA) is 31.4 Å². The number of methoxy groups -OCH3 is 2. The van der Waals surface area contributed by atoms with Crippen molar-refractivity contribution in [3.8, 4) is 11.5 Å². The number of aryl methyl sites for hydroxylation is 1. The molecule has 0 atom stereocenters. The predicted molar refractivity (Wildman–Crippen MR) is 142 cm³/mol. The highest BCUT2D eigenvalue weighted by molar-refractivity contribution is 5.93. The Balaban J connectivity index is 1.84. The highest BCUT2D eigenvalue weighted by Gasteiger charge is 2.13. The number of hydrogen-bond donors (Lipinski definition) is 0. The van der Waals surface area contributed by atoms with Crippen LogP contribution in [0.15, 0.2) is 79.0 Å². The fourth-order valence-corrected chi connectivity index (χ4v) is 3.95. The van der Waals surface area contributed by atoms with Gasteiger partial charge in [0, 0.05) is 28.6 Å². The zero-order chi connectivity index (χ0) is 25.7. The molecule has 0 aliphatic rings. The number of halogens is 2. The van der Waals surface area contributed by atoms with Gasteiger partial charge in [-0.1, -0.05) is 30.3 Å². The van der Waals surface area contributed by atoms with Gasteiger partial charge in [0.05, 0.1) is 14.2 Å². The molecule has 3 aromatic carbocycles. The maximum Gasteiger partial charge on any atom is 0.126 e. The van der Waals surface area contributed by atoms with Crippen molar-refractivity contribution < 1.29 is 18.3 Å². The van der Waals surface area contributed by atoms with E-state index < -0.39 is 0 Å². The second-order valence-corrected chi connectivity index (χ2v) is 8.42. The summed E-state index contributed by atoms with van der Waals surface area (Å²) in [5.41, 5.74) is 7.00. The van der Waals surface area contributed by atoms with Crippen LogP contribution in [0.3, 0.4) is 0 Å². The van der Waals surface area contributed by atoms with Gasteiger partial charge in [-0.3, -0.25) is 4.98 Å². The Bertz CT molecular complexity index is 1360. The molecule has 1 aromatic heterocycles. The zero-order valence-electron chi connectivity index (χ0n) is 20.7. The van der Waals surface area contributed by atoms with E-state index in [4.69, 9.17) is 9.47 Å². The number of ether oxygens (including phenoxy) is 2. The highest BCUT2D eigenvalue weighted by atomic mass is 19.1. The van der Waals surface area contributed by atoms with E-state index in [9.17, 15) is 8.78 Å². The molecule has 0 radical (unpaired) electrons. The summed E-state index contributed by atoms with van der Waals surface area (Å²) in [6.07, 6.45) is 5.77. The Labute approximate surface area is 210 Å². The Morgan fingerprint density at radius 3 is 1.69 bits per heavy atom. The number of pyridine rings is 1. The molecule has 182 valence electrons. The van der Waals surface area contributed by atoms with Gasteiger partial charge >= 0.3 is 0 Å². The van der Waals surface area contributed by atoms with Crippen LogP contribution in [0.5, 0.6) is 11.5 Å². The van der Waals surface area contributed by atoms with Crippen LogP contribution >= 0.6 is 0 Å². The van der Waals surface area contributed by atoms with E-state index in [1.807, 2.05) is 50.3 Å². The van der Waals surface area contributed by atoms with Crippen LogP contribution in [-0.4, -0.2) is 19.2 Å². The number of aromatic nitrogens is 1. The fraction of sp³-hybridized carbons (Fsp3) is 0.129. The van der Waals surface area contributed by atoms with E-state index in [0.717, 1.165) is 44.7 Å². The highest BCUT2D eigenvalue weighted by Crippen LogP contribution is 2.35. The van der Waals surface area contributed by atoms with E-state index >= 15 is 0 Å². The van der Waals surface area contributed by atoms with Crippen LogP contribution in [-0.2, 0) is 0 Å². The summed E-state index contributed by atoms with van der Waals surface area (Å²) < 4.78 is 38.5. The van der Waals surface area contributed by atoms with Crippen molar-refractivity contribution in [3.63, 3.8) is 0 Å². The van der Waals surface area contributed by atoms with Crippen molar-refractivity contribution in [2.24, 2.45) is 0 Å². The first-order valence-corrected chi connectivity index (χ1v) is 11.5. The molecule has 1 heterocycles. The lowest BCUT2D eigenvalue weighted by Crippen LogP contribution is -1.96. The monoisotopic (exact) mass is 483 g/mol. The van der Waals surface area contributed by atoms with Crippen LogP contribution < -0.4 is 9.47 Å². The van der Waals surface area contributed by atoms with Gasteiger partial charge in [0.2, 0.25) is 0 Å². The molecule has 0 N–H and O–H groups in total. The van der Waals surface area contributed by atoms with E-state index in [0.29, 0.717) is 11.5 Å². The van der Waals surface area contributed by atoms with E-state index in [2.05, 4.69) is 4.98 Å². The van der Waals surface area contributed by atoms with Crippen LogP contribution in [0.25, 0.3) is 23.3 Å². The Kier molecular flexibility index (Phi) is 7.59. The van der Waals surface area contributed by atoms with Crippen LogP contribution in [0.4, 0.5) is 8.78 Å². The number of hydrogen-bond acceptors (Lipinski definition) is 3. The Hall–Kier alpha value is -4.25. The van der Waals surface area contributed by atoms with Gasteiger partial charge in [-0.15, -0.1) is 0 Å². The minimum absolute atomic E-state index is 0.275. The summed E-state index contributed by atoms with van der Waals surface area (Å²) in [4.78, 5) is 4.44. The van der Waals surface area contributed by atoms with E-state index in [1.165, 1.54) is 24.3 Å². The third-order valence-electron chi connectivity index (χ3n) is 5.93. The summed E-state index contributed by atoms with van der Waals surface area (Å²) in [5.74, 6) is 0.729. The maximum absolute atomic E-state index is 13.6. The SMILES string of the molecule is COc1cc(/C=C(/C)c2ccc(F)cc2)c(OC)cc1C=C(c1ccc(F)cc1)c1ccc(C)nc1. The van der Waals surface area contributed by atoms with Crippen molar-refractivity contribution in [1.29, 1.82) is 0 Å². The second-order valence-electron chi connectivity index (χ2n) is 8.42. The van der Waals surface area contributed by atoms with Gasteiger partial charge in [-0.2, -0.15) is 0 Å². The van der Waals surface area contributed by atoms with E-state index in [1.54, 1.807) is 44.7 Å². The van der Waals surface area contributed by atoms with Crippen molar-refractivity contribution >= 4 is 23.3 Å². The average molecular weight is 484 g/mol. The number of nitrogens with zero attached hydrogens (tertiary/aromatic N) is 1. The minimum Gasteiger partial charge on any atom is -0.496 e. The molecule has 4 rings (SSSR count). The summed E-state index contributed by atoms with van der Waals surface area (Å²) in [6, 6.07) is 20.5. The smallest absolute Gasteiger partial charge is 0.126 e. The Morgan fingerprint density at radius 1 is 0.694 bits per heavy atom. The largest absolute Gasteiger partial charge is 0.496 e. The molecule has 0 bridgehead atoms. The zero-order valence-corrected chi connectivity index (χ0v) is 20.7. The average Bonchev–Trinajstić information content (AvgIpc) is 2.89. The number of benzene rings is 3. The van der Waals surface area contributed by atoms with Crippen molar-refractivity contribution in [3.05, 3.63) is 124 Å². The van der Waals surface area contributed by atoms with Crippen molar-refractivity contribution in [2.45, 2.75) is 13.8 Å². The molecular formula is C31H27F2NO2. The lowest BCUT2D eigenvalue weighted by molar-refractivity contribution is 0.401. The summed E-state index contributed by atoms with van der Waals surface area (Å²) in [7, 11) is 3.23.